The lowest BCUT2D eigenvalue weighted by molar-refractivity contribution is 0.0696. The Labute approximate surface area is 190 Å². The highest BCUT2D eigenvalue weighted by Gasteiger charge is 2.25. The topological polar surface area (TPSA) is 105 Å². The molecule has 0 aliphatic carbocycles. The molecule has 1 heterocycles. The Morgan fingerprint density at radius 1 is 1.00 bits per heavy atom. The second-order valence-corrected chi connectivity index (χ2v) is 7.37. The smallest absolute Gasteiger partial charge is 0.335 e. The first-order chi connectivity index (χ1) is 15.3. The van der Waals surface area contributed by atoms with E-state index in [1.54, 1.807) is 7.11 Å². The van der Waals surface area contributed by atoms with Crippen LogP contribution in [-0.2, 0) is 6.42 Å². The van der Waals surface area contributed by atoms with Crippen molar-refractivity contribution in [3.63, 3.8) is 0 Å². The van der Waals surface area contributed by atoms with Crippen molar-refractivity contribution in [2.75, 3.05) is 14.2 Å². The normalized spacial score (nSPS) is 13.9. The molecule has 0 saturated carbocycles. The van der Waals surface area contributed by atoms with Crippen LogP contribution in [0.2, 0.25) is 5.02 Å². The van der Waals surface area contributed by atoms with Gasteiger partial charge >= 0.3 is 11.9 Å². The van der Waals surface area contributed by atoms with Gasteiger partial charge in [-0.1, -0.05) is 35.9 Å². The van der Waals surface area contributed by atoms with Crippen molar-refractivity contribution in [2.45, 2.75) is 12.6 Å². The zero-order valence-electron chi connectivity index (χ0n) is 17.5. The fourth-order valence-electron chi connectivity index (χ4n) is 3.32. The molecule has 1 atom stereocenters. The second-order valence-electron chi connectivity index (χ2n) is 6.93. The molecule has 7 nitrogen and oxygen atoms in total. The minimum absolute atomic E-state index is 0.0186. The number of carboxylic acids is 2. The van der Waals surface area contributed by atoms with Crippen LogP contribution in [0.25, 0.3) is 11.1 Å². The van der Waals surface area contributed by atoms with Crippen molar-refractivity contribution in [3.05, 3.63) is 82.4 Å². The van der Waals surface area contributed by atoms with E-state index in [4.69, 9.17) is 31.3 Å². The van der Waals surface area contributed by atoms with Gasteiger partial charge in [-0.2, -0.15) is 0 Å². The van der Waals surface area contributed by atoms with E-state index in [0.717, 1.165) is 35.1 Å². The van der Waals surface area contributed by atoms with Crippen molar-refractivity contribution >= 4 is 23.5 Å². The number of fused-ring (bicyclic) bond motifs is 1. The summed E-state index contributed by atoms with van der Waals surface area (Å²) < 4.78 is 11.4. The van der Waals surface area contributed by atoms with Gasteiger partial charge in [0.05, 0.1) is 18.2 Å². The third-order valence-electron chi connectivity index (χ3n) is 4.89. The maximum absolute atomic E-state index is 10.4. The summed E-state index contributed by atoms with van der Waals surface area (Å²) in [4.78, 5) is 20.8. The van der Waals surface area contributed by atoms with Crippen molar-refractivity contribution < 1.29 is 29.3 Å². The van der Waals surface area contributed by atoms with Crippen molar-refractivity contribution in [1.29, 1.82) is 0 Å². The van der Waals surface area contributed by atoms with Crippen molar-refractivity contribution in [1.82, 2.24) is 5.32 Å². The summed E-state index contributed by atoms with van der Waals surface area (Å²) in [5, 5.41) is 20.8. The maximum Gasteiger partial charge on any atom is 0.335 e. The lowest BCUT2D eigenvalue weighted by Gasteiger charge is -2.14. The zero-order valence-corrected chi connectivity index (χ0v) is 18.2. The number of hydrogen-bond acceptors (Lipinski definition) is 5. The maximum atomic E-state index is 10.4. The van der Waals surface area contributed by atoms with Gasteiger partial charge in [-0.25, -0.2) is 9.59 Å². The molecular formula is C24H22ClNO6. The number of para-hydroxylation sites is 1. The van der Waals surface area contributed by atoms with Crippen molar-refractivity contribution in [3.8, 4) is 22.6 Å². The molecule has 32 heavy (non-hydrogen) atoms. The summed E-state index contributed by atoms with van der Waals surface area (Å²) in [6.45, 7) is 0. The average molecular weight is 456 g/mol. The monoisotopic (exact) mass is 455 g/mol. The van der Waals surface area contributed by atoms with Gasteiger partial charge in [0.15, 0.2) is 6.23 Å². The molecule has 3 N–H and O–H groups in total. The van der Waals surface area contributed by atoms with Crippen LogP contribution in [0.5, 0.6) is 11.5 Å². The molecule has 3 aromatic rings. The van der Waals surface area contributed by atoms with Gasteiger partial charge in [-0.15, -0.1) is 0 Å². The first-order valence-corrected chi connectivity index (χ1v) is 10.1. The quantitative estimate of drug-likeness (QED) is 0.517. The van der Waals surface area contributed by atoms with E-state index in [1.807, 2.05) is 37.4 Å². The number of likely N-dealkylation sites (N-methyl/N-ethyl adjacent to an activating group) is 1. The zero-order chi connectivity index (χ0) is 23.3. The lowest BCUT2D eigenvalue weighted by Crippen LogP contribution is -2.29. The third-order valence-corrected chi connectivity index (χ3v) is 5.13. The Kier molecular flexibility index (Phi) is 7.35. The predicted molar refractivity (Wildman–Crippen MR) is 121 cm³/mol. The summed E-state index contributed by atoms with van der Waals surface area (Å²) in [7, 11) is 3.56. The molecule has 0 spiro atoms. The molecule has 1 aliphatic heterocycles. The van der Waals surface area contributed by atoms with E-state index in [-0.39, 0.29) is 17.4 Å². The molecule has 0 aromatic heterocycles. The van der Waals surface area contributed by atoms with Crippen LogP contribution in [0.15, 0.2) is 60.7 Å². The molecule has 0 bridgehead atoms. The van der Waals surface area contributed by atoms with Gasteiger partial charge in [0, 0.05) is 22.6 Å². The van der Waals surface area contributed by atoms with Gasteiger partial charge in [-0.05, 0) is 49.0 Å². The SMILES string of the molecule is CNC1Cc2cccc(-c3cc(Cl)ccc3OC)c2O1.O=C(O)c1cccc(C(=O)O)c1. The number of carbonyl (C=O) groups is 2. The number of benzene rings is 3. The Hall–Kier alpha value is -3.55. The third kappa shape index (κ3) is 5.19. The molecule has 0 saturated heterocycles. The van der Waals surface area contributed by atoms with Crippen LogP contribution >= 0.6 is 11.6 Å². The van der Waals surface area contributed by atoms with Crippen molar-refractivity contribution in [2.24, 2.45) is 0 Å². The number of rotatable bonds is 5. The molecule has 0 fully saturated rings. The number of methoxy groups -OCH3 is 1. The standard InChI is InChI=1S/C16H16ClNO2.C8H6O4/c1-18-15-8-10-4-3-5-12(16(10)20-15)13-9-11(17)6-7-14(13)19-2;9-7(10)5-2-1-3-6(4-5)8(11)12/h3-7,9,15,18H,8H2,1-2H3;1-4H,(H,9,10)(H,11,12). The summed E-state index contributed by atoms with van der Waals surface area (Å²) >= 11 is 6.12. The Balaban J connectivity index is 0.000000207. The van der Waals surface area contributed by atoms with Gasteiger partial charge in [0.25, 0.3) is 0 Å². The number of halogens is 1. The van der Waals surface area contributed by atoms with Gasteiger partial charge in [-0.3, -0.25) is 5.32 Å². The molecule has 1 aliphatic rings. The first-order valence-electron chi connectivity index (χ1n) is 9.70. The van der Waals surface area contributed by atoms with Crippen LogP contribution in [0.4, 0.5) is 0 Å². The van der Waals surface area contributed by atoms with Crippen LogP contribution < -0.4 is 14.8 Å². The highest BCUT2D eigenvalue weighted by Crippen LogP contribution is 2.42. The summed E-state index contributed by atoms with van der Waals surface area (Å²) in [6, 6.07) is 17.0. The predicted octanol–water partition coefficient (Wildman–Crippen LogP) is 4.58. The van der Waals surface area contributed by atoms with Gasteiger partial charge < -0.3 is 19.7 Å². The minimum atomic E-state index is -1.13. The minimum Gasteiger partial charge on any atom is -0.496 e. The highest BCUT2D eigenvalue weighted by molar-refractivity contribution is 6.31. The molecule has 0 radical (unpaired) electrons. The van der Waals surface area contributed by atoms with E-state index in [0.29, 0.717) is 5.02 Å². The number of hydrogen-bond donors (Lipinski definition) is 3. The fraction of sp³-hybridized carbons (Fsp3) is 0.167. The van der Waals surface area contributed by atoms with E-state index in [9.17, 15) is 9.59 Å². The molecule has 0 amide bonds. The van der Waals surface area contributed by atoms with Gasteiger partial charge in [0.1, 0.15) is 11.5 Å². The van der Waals surface area contributed by atoms with E-state index >= 15 is 0 Å². The number of nitrogens with one attached hydrogen (secondary N) is 1. The number of ether oxygens (including phenoxy) is 2. The first kappa shape index (κ1) is 23.1. The summed E-state index contributed by atoms with van der Waals surface area (Å²) in [6.07, 6.45) is 0.888. The van der Waals surface area contributed by atoms with Crippen LogP contribution in [0.1, 0.15) is 26.3 Å². The summed E-state index contributed by atoms with van der Waals surface area (Å²) in [5.41, 5.74) is 3.13. The molecular weight excluding hydrogens is 434 g/mol. The molecule has 166 valence electrons. The molecule has 3 aromatic carbocycles. The van der Waals surface area contributed by atoms with Crippen LogP contribution in [-0.4, -0.2) is 42.5 Å². The van der Waals surface area contributed by atoms with Crippen LogP contribution in [0.3, 0.4) is 0 Å². The molecule has 1 unspecified atom stereocenters. The van der Waals surface area contributed by atoms with E-state index in [2.05, 4.69) is 11.4 Å². The van der Waals surface area contributed by atoms with Crippen LogP contribution in [0, 0.1) is 0 Å². The average Bonchev–Trinajstić information content (AvgIpc) is 3.23. The largest absolute Gasteiger partial charge is 0.496 e. The Morgan fingerprint density at radius 2 is 1.66 bits per heavy atom. The number of aromatic carboxylic acids is 2. The van der Waals surface area contributed by atoms with E-state index < -0.39 is 11.9 Å². The van der Waals surface area contributed by atoms with Gasteiger partial charge in [0.2, 0.25) is 0 Å². The highest BCUT2D eigenvalue weighted by atomic mass is 35.5. The molecule has 4 rings (SSSR count). The lowest BCUT2D eigenvalue weighted by atomic mass is 10.0. The second kappa shape index (κ2) is 10.2. The Morgan fingerprint density at radius 3 is 2.25 bits per heavy atom. The summed E-state index contributed by atoms with van der Waals surface area (Å²) in [5.74, 6) is -0.553. The fourth-order valence-corrected chi connectivity index (χ4v) is 3.49. The number of carboxylic acid groups (broad SMARTS) is 2. The van der Waals surface area contributed by atoms with E-state index in [1.165, 1.54) is 23.8 Å². The Bertz CT molecular complexity index is 1120. The molecule has 8 heteroatoms.